The summed E-state index contributed by atoms with van der Waals surface area (Å²) >= 11 is 0. The molecule has 0 aliphatic rings. The van der Waals surface area contributed by atoms with Crippen LogP contribution in [-0.2, 0) is 7.05 Å². The van der Waals surface area contributed by atoms with Gasteiger partial charge in [-0.15, -0.1) is 5.10 Å². The summed E-state index contributed by atoms with van der Waals surface area (Å²) in [6.07, 6.45) is 0. The van der Waals surface area contributed by atoms with Crippen molar-refractivity contribution in [3.63, 3.8) is 0 Å². The first kappa shape index (κ1) is 13.0. The van der Waals surface area contributed by atoms with Gasteiger partial charge in [0.15, 0.2) is 0 Å². The van der Waals surface area contributed by atoms with E-state index in [-0.39, 0.29) is 5.82 Å². The summed E-state index contributed by atoms with van der Waals surface area (Å²) in [6, 6.07) is 10.4. The van der Waals surface area contributed by atoms with Crippen molar-refractivity contribution in [1.82, 2.24) is 15.0 Å². The maximum Gasteiger partial charge on any atom is 0.323 e. The molecule has 0 saturated heterocycles. The molecule has 2 aromatic carbocycles. The average molecular weight is 285 g/mol. The topological polar surface area (TPSA) is 71.8 Å². The first-order valence-corrected chi connectivity index (χ1v) is 6.25. The fourth-order valence-corrected chi connectivity index (χ4v) is 1.95. The quantitative estimate of drug-likeness (QED) is 0.760. The van der Waals surface area contributed by atoms with Crippen LogP contribution in [0.1, 0.15) is 0 Å². The molecule has 0 radical (unpaired) electrons. The molecule has 0 atom stereocenters. The van der Waals surface area contributed by atoms with Crippen molar-refractivity contribution < 1.29 is 9.18 Å². The molecule has 0 spiro atoms. The highest BCUT2D eigenvalue weighted by atomic mass is 19.1. The van der Waals surface area contributed by atoms with Crippen LogP contribution in [0.5, 0.6) is 0 Å². The summed E-state index contributed by atoms with van der Waals surface area (Å²) < 4.78 is 14.4. The molecule has 3 aromatic rings. The summed E-state index contributed by atoms with van der Waals surface area (Å²) in [7, 11) is 1.80. The second kappa shape index (κ2) is 5.20. The van der Waals surface area contributed by atoms with Crippen LogP contribution in [0.3, 0.4) is 0 Å². The normalized spacial score (nSPS) is 10.6. The molecule has 2 amide bonds. The van der Waals surface area contributed by atoms with E-state index in [0.29, 0.717) is 16.9 Å². The summed E-state index contributed by atoms with van der Waals surface area (Å²) in [6.45, 7) is 0. The molecule has 6 nitrogen and oxygen atoms in total. The van der Waals surface area contributed by atoms with Crippen molar-refractivity contribution in [2.75, 3.05) is 10.6 Å². The van der Waals surface area contributed by atoms with E-state index < -0.39 is 6.03 Å². The third-order valence-electron chi connectivity index (χ3n) is 2.97. The maximum atomic E-state index is 12.8. The van der Waals surface area contributed by atoms with Crippen molar-refractivity contribution >= 4 is 28.4 Å². The molecular formula is C14H12FN5O. The van der Waals surface area contributed by atoms with Gasteiger partial charge in [0.25, 0.3) is 0 Å². The van der Waals surface area contributed by atoms with E-state index in [2.05, 4.69) is 20.9 Å². The number of fused-ring (bicyclic) bond motifs is 1. The number of aryl methyl sites for hydroxylation is 1. The van der Waals surface area contributed by atoms with Crippen LogP contribution in [-0.4, -0.2) is 21.0 Å². The molecule has 0 fully saturated rings. The first-order valence-electron chi connectivity index (χ1n) is 6.25. The number of nitrogens with zero attached hydrogens (tertiary/aromatic N) is 3. The fourth-order valence-electron chi connectivity index (χ4n) is 1.95. The standard InChI is InChI=1S/C14H12FN5O/c1-20-13-7-6-11(8-12(13)18-19-20)17-14(21)16-10-4-2-9(15)3-5-10/h2-8H,1H3,(H2,16,17,21). The first-order chi connectivity index (χ1) is 10.1. The van der Waals surface area contributed by atoms with E-state index in [4.69, 9.17) is 0 Å². The summed E-state index contributed by atoms with van der Waals surface area (Å²) in [4.78, 5) is 11.9. The molecule has 1 heterocycles. The Hall–Kier alpha value is -2.96. The van der Waals surface area contributed by atoms with Crippen LogP contribution >= 0.6 is 0 Å². The van der Waals surface area contributed by atoms with Gasteiger partial charge in [0.1, 0.15) is 11.3 Å². The molecule has 2 N–H and O–H groups in total. The van der Waals surface area contributed by atoms with E-state index in [9.17, 15) is 9.18 Å². The van der Waals surface area contributed by atoms with Crippen molar-refractivity contribution in [1.29, 1.82) is 0 Å². The smallest absolute Gasteiger partial charge is 0.308 e. The number of carbonyl (C=O) groups is 1. The number of anilines is 2. The average Bonchev–Trinajstić information content (AvgIpc) is 2.82. The van der Waals surface area contributed by atoms with Crippen molar-refractivity contribution in [2.45, 2.75) is 0 Å². The summed E-state index contributed by atoms with van der Waals surface area (Å²) in [5.74, 6) is -0.353. The lowest BCUT2D eigenvalue weighted by atomic mass is 10.2. The third kappa shape index (κ3) is 2.81. The van der Waals surface area contributed by atoms with Crippen LogP contribution < -0.4 is 10.6 Å². The lowest BCUT2D eigenvalue weighted by molar-refractivity contribution is 0.262. The number of nitrogens with one attached hydrogen (secondary N) is 2. The number of aromatic nitrogens is 3. The molecule has 1 aromatic heterocycles. The second-order valence-electron chi connectivity index (χ2n) is 4.50. The Bertz CT molecular complexity index is 797. The highest BCUT2D eigenvalue weighted by Crippen LogP contribution is 2.16. The second-order valence-corrected chi connectivity index (χ2v) is 4.50. The Morgan fingerprint density at radius 1 is 1.10 bits per heavy atom. The lowest BCUT2D eigenvalue weighted by Crippen LogP contribution is -2.19. The van der Waals surface area contributed by atoms with Gasteiger partial charge >= 0.3 is 6.03 Å². The minimum atomic E-state index is -0.412. The van der Waals surface area contributed by atoms with Gasteiger partial charge in [-0.2, -0.15) is 0 Å². The van der Waals surface area contributed by atoms with Gasteiger partial charge in [0.2, 0.25) is 0 Å². The Balaban J connectivity index is 1.72. The Morgan fingerprint density at radius 2 is 1.76 bits per heavy atom. The van der Waals surface area contributed by atoms with E-state index in [1.165, 1.54) is 24.3 Å². The molecule has 0 unspecified atom stereocenters. The number of amides is 2. The fraction of sp³-hybridized carbons (Fsp3) is 0.0714. The van der Waals surface area contributed by atoms with E-state index in [0.717, 1.165) is 5.52 Å². The van der Waals surface area contributed by atoms with Crippen LogP contribution in [0.15, 0.2) is 42.5 Å². The molecule has 0 bridgehead atoms. The Labute approximate surface area is 119 Å². The van der Waals surface area contributed by atoms with Crippen molar-refractivity contribution in [3.8, 4) is 0 Å². The molecule has 0 saturated carbocycles. The number of rotatable bonds is 2. The number of carbonyl (C=O) groups excluding carboxylic acids is 1. The SMILES string of the molecule is Cn1nnc2cc(NC(=O)Nc3ccc(F)cc3)ccc21. The highest BCUT2D eigenvalue weighted by Gasteiger charge is 2.06. The minimum Gasteiger partial charge on any atom is -0.308 e. The third-order valence-corrected chi connectivity index (χ3v) is 2.97. The van der Waals surface area contributed by atoms with Crippen molar-refractivity contribution in [2.24, 2.45) is 7.05 Å². The van der Waals surface area contributed by atoms with E-state index in [1.54, 1.807) is 23.9 Å². The molecule has 3 rings (SSSR count). The number of urea groups is 1. The predicted molar refractivity (Wildman–Crippen MR) is 77.6 cm³/mol. The van der Waals surface area contributed by atoms with Crippen LogP contribution in [0.4, 0.5) is 20.6 Å². The van der Waals surface area contributed by atoms with E-state index >= 15 is 0 Å². The lowest BCUT2D eigenvalue weighted by Gasteiger charge is -2.07. The minimum absolute atomic E-state index is 0.353. The number of hydrogen-bond acceptors (Lipinski definition) is 3. The van der Waals surface area contributed by atoms with E-state index in [1.807, 2.05) is 6.07 Å². The zero-order chi connectivity index (χ0) is 14.8. The summed E-state index contributed by atoms with van der Waals surface area (Å²) in [5, 5.41) is 13.2. The molecule has 7 heteroatoms. The van der Waals surface area contributed by atoms with Crippen LogP contribution in [0.25, 0.3) is 11.0 Å². The Morgan fingerprint density at radius 3 is 2.52 bits per heavy atom. The molecular weight excluding hydrogens is 273 g/mol. The largest absolute Gasteiger partial charge is 0.323 e. The van der Waals surface area contributed by atoms with Crippen LogP contribution in [0, 0.1) is 5.82 Å². The van der Waals surface area contributed by atoms with Crippen molar-refractivity contribution in [3.05, 3.63) is 48.3 Å². The Kier molecular flexibility index (Phi) is 3.23. The van der Waals surface area contributed by atoms with Gasteiger partial charge in [-0.3, -0.25) is 0 Å². The zero-order valence-electron chi connectivity index (χ0n) is 11.2. The summed E-state index contributed by atoms with van der Waals surface area (Å²) in [5.41, 5.74) is 2.67. The molecule has 0 aliphatic heterocycles. The molecule has 0 aliphatic carbocycles. The van der Waals surface area contributed by atoms with Gasteiger partial charge in [0, 0.05) is 18.4 Å². The highest BCUT2D eigenvalue weighted by molar-refractivity contribution is 6.00. The van der Waals surface area contributed by atoms with Gasteiger partial charge in [0.05, 0.1) is 5.52 Å². The molecule has 21 heavy (non-hydrogen) atoms. The van der Waals surface area contributed by atoms with Gasteiger partial charge in [-0.05, 0) is 42.5 Å². The zero-order valence-corrected chi connectivity index (χ0v) is 11.2. The molecule has 106 valence electrons. The number of hydrogen-bond donors (Lipinski definition) is 2. The number of halogens is 1. The predicted octanol–water partition coefficient (Wildman–Crippen LogP) is 2.75. The number of benzene rings is 2. The monoisotopic (exact) mass is 285 g/mol. The van der Waals surface area contributed by atoms with Gasteiger partial charge in [-0.25, -0.2) is 13.9 Å². The van der Waals surface area contributed by atoms with Crippen LogP contribution in [0.2, 0.25) is 0 Å². The maximum absolute atomic E-state index is 12.8. The van der Waals surface area contributed by atoms with Gasteiger partial charge < -0.3 is 10.6 Å². The van der Waals surface area contributed by atoms with Gasteiger partial charge in [-0.1, -0.05) is 5.21 Å².